The molecule has 0 unspecified atom stereocenters. The van der Waals surface area contributed by atoms with Crippen molar-refractivity contribution < 1.29 is 4.52 Å². The third-order valence-corrected chi connectivity index (χ3v) is 9.45. The Morgan fingerprint density at radius 2 is 1.93 bits per heavy atom. The van der Waals surface area contributed by atoms with E-state index in [0.717, 1.165) is 19.3 Å². The van der Waals surface area contributed by atoms with Gasteiger partial charge >= 0.3 is 0 Å². The minimum atomic E-state index is -2.05. The zero-order valence-corrected chi connectivity index (χ0v) is 12.2. The van der Waals surface area contributed by atoms with Gasteiger partial charge in [0.25, 0.3) is 0 Å². The minimum Gasteiger partial charge on any atom is -0.348 e. The second kappa shape index (κ2) is 7.46. The van der Waals surface area contributed by atoms with E-state index in [-0.39, 0.29) is 0 Å². The first-order valence-electron chi connectivity index (χ1n) is 5.01. The maximum absolute atomic E-state index is 5.92. The first-order chi connectivity index (χ1) is 6.49. The molecule has 0 saturated heterocycles. The molecule has 14 heavy (non-hydrogen) atoms. The van der Waals surface area contributed by atoms with E-state index in [1.54, 1.807) is 0 Å². The molecule has 0 N–H and O–H groups in total. The van der Waals surface area contributed by atoms with Gasteiger partial charge in [-0.05, 0) is 12.8 Å². The summed E-state index contributed by atoms with van der Waals surface area (Å²) in [5.41, 5.74) is 0.300. The summed E-state index contributed by atoms with van der Waals surface area (Å²) < 4.78 is 5.21. The van der Waals surface area contributed by atoms with Gasteiger partial charge in [-0.1, -0.05) is 62.2 Å². The van der Waals surface area contributed by atoms with Gasteiger partial charge in [-0.2, -0.15) is 0 Å². The first-order valence-corrected chi connectivity index (χ1v) is 8.74. The van der Waals surface area contributed by atoms with Crippen LogP contribution in [0.2, 0.25) is 0 Å². The Hall–Kier alpha value is 1.19. The Morgan fingerprint density at radius 1 is 1.36 bits per heavy atom. The van der Waals surface area contributed by atoms with Crippen molar-refractivity contribution >= 4 is 41.3 Å². The maximum Gasteiger partial charge on any atom is 0.158 e. The SMILES string of the molecule is CCCCO[P@](=S)(C(Cl)Cl)[C@H](C)CC. The van der Waals surface area contributed by atoms with Crippen molar-refractivity contribution in [3.63, 3.8) is 0 Å². The second-order valence-corrected chi connectivity index (χ2v) is 9.73. The number of rotatable bonds is 7. The highest BCUT2D eigenvalue weighted by atomic mass is 35.5. The van der Waals surface area contributed by atoms with Gasteiger partial charge in [-0.25, -0.2) is 0 Å². The molecule has 0 heterocycles. The topological polar surface area (TPSA) is 9.23 Å². The predicted molar refractivity (Wildman–Crippen MR) is 70.4 cm³/mol. The fourth-order valence-electron chi connectivity index (χ4n) is 0.982. The van der Waals surface area contributed by atoms with Gasteiger partial charge in [0.2, 0.25) is 0 Å². The quantitative estimate of drug-likeness (QED) is 0.377. The molecule has 0 radical (unpaired) electrons. The van der Waals surface area contributed by atoms with Crippen LogP contribution in [0.3, 0.4) is 0 Å². The van der Waals surface area contributed by atoms with Crippen molar-refractivity contribution in [1.29, 1.82) is 0 Å². The van der Waals surface area contributed by atoms with Crippen LogP contribution < -0.4 is 0 Å². The van der Waals surface area contributed by atoms with Crippen molar-refractivity contribution in [2.75, 3.05) is 6.61 Å². The van der Waals surface area contributed by atoms with Gasteiger partial charge < -0.3 is 4.52 Å². The summed E-state index contributed by atoms with van der Waals surface area (Å²) in [5.74, 6) is 0. The summed E-state index contributed by atoms with van der Waals surface area (Å²) in [5, 5.41) is 0. The van der Waals surface area contributed by atoms with Crippen molar-refractivity contribution in [3.05, 3.63) is 0 Å². The van der Waals surface area contributed by atoms with E-state index < -0.39 is 10.8 Å². The average molecular weight is 277 g/mol. The van der Waals surface area contributed by atoms with Crippen LogP contribution in [0, 0.1) is 0 Å². The highest BCUT2D eigenvalue weighted by molar-refractivity contribution is 8.14. The molecule has 0 aliphatic carbocycles. The average Bonchev–Trinajstić information content (AvgIpc) is 2.16. The van der Waals surface area contributed by atoms with Crippen molar-refractivity contribution in [1.82, 2.24) is 0 Å². The molecule has 0 aromatic rings. The predicted octanol–water partition coefficient (Wildman–Crippen LogP) is 4.76. The lowest BCUT2D eigenvalue weighted by atomic mass is 10.4. The van der Waals surface area contributed by atoms with Crippen LogP contribution in [0.5, 0.6) is 0 Å². The molecular formula is C9H19Cl2OPS. The molecule has 0 rings (SSSR count). The van der Waals surface area contributed by atoms with E-state index in [1.165, 1.54) is 0 Å². The second-order valence-electron chi connectivity index (χ2n) is 3.37. The van der Waals surface area contributed by atoms with Gasteiger partial charge in [0, 0.05) is 5.66 Å². The smallest absolute Gasteiger partial charge is 0.158 e. The van der Waals surface area contributed by atoms with Crippen LogP contribution in [0.1, 0.15) is 40.0 Å². The largest absolute Gasteiger partial charge is 0.348 e. The van der Waals surface area contributed by atoms with Crippen molar-refractivity contribution in [2.24, 2.45) is 0 Å². The fourth-order valence-corrected chi connectivity index (χ4v) is 4.82. The molecule has 0 saturated carbocycles. The van der Waals surface area contributed by atoms with Crippen LogP contribution in [0.25, 0.3) is 0 Å². The Kier molecular flexibility index (Phi) is 8.10. The molecule has 5 heteroatoms. The van der Waals surface area contributed by atoms with E-state index in [0.29, 0.717) is 12.3 Å². The first kappa shape index (κ1) is 15.2. The standard InChI is InChI=1S/C9H19Cl2OPS/c1-4-6-7-12-13(14,9(10)11)8(3)5-2/h8-9H,4-7H2,1-3H3/t8-,13-/m1/s1. The minimum absolute atomic E-state index is 0.300. The Morgan fingerprint density at radius 3 is 2.29 bits per heavy atom. The van der Waals surface area contributed by atoms with Gasteiger partial charge in [0.1, 0.15) is 6.26 Å². The fraction of sp³-hybridized carbons (Fsp3) is 1.00. The van der Waals surface area contributed by atoms with E-state index in [4.69, 9.17) is 39.5 Å². The molecule has 0 aliphatic rings. The van der Waals surface area contributed by atoms with Crippen LogP contribution >= 0.6 is 29.5 Å². The van der Waals surface area contributed by atoms with Gasteiger partial charge in [-0.15, -0.1) is 0 Å². The van der Waals surface area contributed by atoms with Gasteiger partial charge in [0.05, 0.1) is 6.61 Å². The van der Waals surface area contributed by atoms with Crippen LogP contribution in [0.4, 0.5) is 0 Å². The summed E-state index contributed by atoms with van der Waals surface area (Å²) in [4.78, 5) is 0. The number of alkyl halides is 2. The molecule has 0 aliphatic heterocycles. The van der Waals surface area contributed by atoms with E-state index in [1.807, 2.05) is 0 Å². The number of hydrogen-bond acceptors (Lipinski definition) is 2. The van der Waals surface area contributed by atoms with E-state index in [9.17, 15) is 0 Å². The van der Waals surface area contributed by atoms with Crippen LogP contribution in [0.15, 0.2) is 0 Å². The highest BCUT2D eigenvalue weighted by Gasteiger charge is 2.31. The summed E-state index contributed by atoms with van der Waals surface area (Å²) in [6.07, 6.45) is 1.05. The molecule has 0 aromatic heterocycles. The molecule has 2 atom stereocenters. The summed E-state index contributed by atoms with van der Waals surface area (Å²) in [7, 11) is 0. The zero-order valence-electron chi connectivity index (χ0n) is 9.00. The lowest BCUT2D eigenvalue weighted by Gasteiger charge is -2.28. The summed E-state index contributed by atoms with van der Waals surface area (Å²) >= 11 is 17.3. The van der Waals surface area contributed by atoms with Crippen LogP contribution in [-0.4, -0.2) is 16.8 Å². The number of hydrogen-bond donors (Lipinski definition) is 0. The Labute approximate surface area is 103 Å². The maximum atomic E-state index is 5.92. The Bertz CT molecular complexity index is 199. The molecule has 0 fully saturated rings. The normalized spacial score (nSPS) is 18.1. The summed E-state index contributed by atoms with van der Waals surface area (Å²) in [6, 6.07) is 0. The van der Waals surface area contributed by atoms with Crippen molar-refractivity contribution in [3.8, 4) is 0 Å². The lowest BCUT2D eigenvalue weighted by molar-refractivity contribution is 0.336. The number of halogens is 2. The van der Waals surface area contributed by atoms with E-state index >= 15 is 0 Å². The molecule has 0 spiro atoms. The highest BCUT2D eigenvalue weighted by Crippen LogP contribution is 2.60. The summed E-state index contributed by atoms with van der Waals surface area (Å²) in [6.45, 7) is 6.97. The van der Waals surface area contributed by atoms with Crippen LogP contribution in [-0.2, 0) is 16.3 Å². The monoisotopic (exact) mass is 276 g/mol. The molecule has 0 aromatic carbocycles. The van der Waals surface area contributed by atoms with Crippen molar-refractivity contribution in [2.45, 2.75) is 50.3 Å². The van der Waals surface area contributed by atoms with Gasteiger partial charge in [0.15, 0.2) is 4.58 Å². The molecular weight excluding hydrogens is 258 g/mol. The molecule has 0 bridgehead atoms. The third-order valence-electron chi connectivity index (χ3n) is 2.27. The zero-order chi connectivity index (χ0) is 11.2. The molecule has 0 amide bonds. The number of unbranched alkanes of at least 4 members (excludes halogenated alkanes) is 1. The third kappa shape index (κ3) is 4.37. The lowest BCUT2D eigenvalue weighted by Crippen LogP contribution is -2.11. The van der Waals surface area contributed by atoms with E-state index in [2.05, 4.69) is 20.8 Å². The Balaban J connectivity index is 4.33. The molecule has 1 nitrogen and oxygen atoms in total. The molecule has 86 valence electrons. The van der Waals surface area contributed by atoms with Gasteiger partial charge in [-0.3, -0.25) is 0 Å².